The number of carboxylic acid groups (broad SMARTS) is 1. The summed E-state index contributed by atoms with van der Waals surface area (Å²) in [7, 11) is 0. The van der Waals surface area contributed by atoms with Gasteiger partial charge >= 0.3 is 5.97 Å². The quantitative estimate of drug-likeness (QED) is 0.900. The second kappa shape index (κ2) is 5.85. The first-order valence-corrected chi connectivity index (χ1v) is 6.15. The maximum atomic E-state index is 11.3. The maximum absolute atomic E-state index is 11.3. The van der Waals surface area contributed by atoms with Gasteiger partial charge in [0.15, 0.2) is 0 Å². The Labute approximate surface area is 115 Å². The van der Waals surface area contributed by atoms with E-state index >= 15 is 0 Å². The molecule has 3 nitrogen and oxygen atoms in total. The Balaban J connectivity index is 0.00000144. The summed E-state index contributed by atoms with van der Waals surface area (Å²) in [6, 6.07) is 7.82. The van der Waals surface area contributed by atoms with E-state index in [1.165, 1.54) is 0 Å². The standard InChI is InChI=1S/C12H14BrNO2.ClH/c13-10-4-1-3-9(7-10)8-12(11(15)16)5-2-6-14-12;/h1,3-4,7,14H,2,5-6,8H2,(H,15,16);1H/t12-;/m0./s1. The van der Waals surface area contributed by atoms with E-state index in [1.54, 1.807) is 0 Å². The van der Waals surface area contributed by atoms with Crippen molar-refractivity contribution in [2.45, 2.75) is 24.8 Å². The van der Waals surface area contributed by atoms with Crippen LogP contribution in [0.4, 0.5) is 0 Å². The van der Waals surface area contributed by atoms with Crippen molar-refractivity contribution < 1.29 is 9.90 Å². The molecular weight excluding hydrogens is 305 g/mol. The SMILES string of the molecule is Cl.O=C(O)[C@@]1(Cc2cccc(Br)c2)CCCN1. The highest BCUT2D eigenvalue weighted by Gasteiger charge is 2.40. The van der Waals surface area contributed by atoms with Crippen LogP contribution in [0.2, 0.25) is 0 Å². The van der Waals surface area contributed by atoms with Gasteiger partial charge in [0.05, 0.1) is 0 Å². The van der Waals surface area contributed by atoms with E-state index in [-0.39, 0.29) is 12.4 Å². The molecule has 0 unspecified atom stereocenters. The Hall–Kier alpha value is -0.580. The second-order valence-corrected chi connectivity index (χ2v) is 5.14. The van der Waals surface area contributed by atoms with Crippen LogP contribution in [0, 0.1) is 0 Å². The number of nitrogens with one attached hydrogen (secondary N) is 1. The largest absolute Gasteiger partial charge is 0.480 e. The molecule has 1 aromatic carbocycles. The molecule has 0 aliphatic carbocycles. The summed E-state index contributed by atoms with van der Waals surface area (Å²) in [4.78, 5) is 11.3. The van der Waals surface area contributed by atoms with Gasteiger partial charge in [-0.1, -0.05) is 28.1 Å². The third kappa shape index (κ3) is 3.21. The third-order valence-corrected chi connectivity index (χ3v) is 3.54. The predicted octanol–water partition coefficient (Wildman–Crippen LogP) is 2.62. The molecule has 0 amide bonds. The highest BCUT2D eigenvalue weighted by atomic mass is 79.9. The molecule has 1 aliphatic rings. The fraction of sp³-hybridized carbons (Fsp3) is 0.417. The van der Waals surface area contributed by atoms with Gasteiger partial charge in [0.2, 0.25) is 0 Å². The van der Waals surface area contributed by atoms with Crippen LogP contribution >= 0.6 is 28.3 Å². The summed E-state index contributed by atoms with van der Waals surface area (Å²) in [5, 5.41) is 12.4. The Kier molecular flexibility index (Phi) is 4.98. The first-order chi connectivity index (χ1) is 7.62. The van der Waals surface area contributed by atoms with E-state index in [2.05, 4.69) is 21.2 Å². The summed E-state index contributed by atoms with van der Waals surface area (Å²) < 4.78 is 0.989. The second-order valence-electron chi connectivity index (χ2n) is 4.22. The van der Waals surface area contributed by atoms with Crippen molar-refractivity contribution in [2.75, 3.05) is 6.54 Å². The molecule has 2 N–H and O–H groups in total. The highest BCUT2D eigenvalue weighted by Crippen LogP contribution is 2.25. The molecule has 0 bridgehead atoms. The van der Waals surface area contributed by atoms with E-state index in [0.717, 1.165) is 23.0 Å². The van der Waals surface area contributed by atoms with Crippen LogP contribution in [0.15, 0.2) is 28.7 Å². The minimum atomic E-state index is -0.763. The number of benzene rings is 1. The summed E-state index contributed by atoms with van der Waals surface area (Å²) in [6.07, 6.45) is 2.18. The Morgan fingerprint density at radius 3 is 2.82 bits per heavy atom. The fourth-order valence-corrected chi connectivity index (χ4v) is 2.66. The number of carboxylic acids is 1. The number of hydrogen-bond donors (Lipinski definition) is 2. The van der Waals surface area contributed by atoms with Gasteiger partial charge in [-0.3, -0.25) is 4.79 Å². The van der Waals surface area contributed by atoms with Crippen molar-refractivity contribution in [3.8, 4) is 0 Å². The van der Waals surface area contributed by atoms with Crippen molar-refractivity contribution in [1.82, 2.24) is 5.32 Å². The third-order valence-electron chi connectivity index (χ3n) is 3.05. The van der Waals surface area contributed by atoms with Crippen molar-refractivity contribution >= 4 is 34.3 Å². The lowest BCUT2D eigenvalue weighted by atomic mass is 9.89. The molecule has 0 saturated carbocycles. The van der Waals surface area contributed by atoms with Crippen LogP contribution in [0.25, 0.3) is 0 Å². The van der Waals surface area contributed by atoms with Gasteiger partial charge in [0.1, 0.15) is 5.54 Å². The molecule has 0 aromatic heterocycles. The molecule has 1 heterocycles. The van der Waals surface area contributed by atoms with E-state index in [0.29, 0.717) is 12.8 Å². The normalized spacial score (nSPS) is 23.1. The molecule has 1 atom stereocenters. The van der Waals surface area contributed by atoms with Gasteiger partial charge in [-0.25, -0.2) is 0 Å². The average molecular weight is 321 g/mol. The van der Waals surface area contributed by atoms with Gasteiger partial charge in [-0.05, 0) is 37.1 Å². The minimum absolute atomic E-state index is 0. The average Bonchev–Trinajstić information content (AvgIpc) is 2.67. The predicted molar refractivity (Wildman–Crippen MR) is 72.7 cm³/mol. The molecule has 1 aromatic rings. The maximum Gasteiger partial charge on any atom is 0.324 e. The molecular formula is C12H15BrClNO2. The summed E-state index contributed by atoms with van der Waals surface area (Å²) >= 11 is 3.40. The molecule has 2 rings (SSSR count). The zero-order valence-corrected chi connectivity index (χ0v) is 11.7. The van der Waals surface area contributed by atoms with Crippen LogP contribution < -0.4 is 5.32 Å². The number of aliphatic carboxylic acids is 1. The molecule has 1 saturated heterocycles. The van der Waals surface area contributed by atoms with Crippen molar-refractivity contribution in [1.29, 1.82) is 0 Å². The molecule has 94 valence electrons. The van der Waals surface area contributed by atoms with Crippen molar-refractivity contribution in [3.05, 3.63) is 34.3 Å². The van der Waals surface area contributed by atoms with E-state index in [4.69, 9.17) is 0 Å². The molecule has 0 radical (unpaired) electrons. The summed E-state index contributed by atoms with van der Waals surface area (Å²) in [5.41, 5.74) is 0.284. The van der Waals surface area contributed by atoms with Crippen LogP contribution in [0.3, 0.4) is 0 Å². The van der Waals surface area contributed by atoms with E-state index in [1.807, 2.05) is 24.3 Å². The number of carbonyl (C=O) groups is 1. The van der Waals surface area contributed by atoms with E-state index < -0.39 is 11.5 Å². The Bertz CT molecular complexity index is 405. The molecule has 5 heteroatoms. The van der Waals surface area contributed by atoms with Gasteiger partial charge in [0.25, 0.3) is 0 Å². The van der Waals surface area contributed by atoms with Gasteiger partial charge < -0.3 is 10.4 Å². The molecule has 0 spiro atoms. The molecule has 17 heavy (non-hydrogen) atoms. The van der Waals surface area contributed by atoms with Crippen LogP contribution in [-0.4, -0.2) is 23.2 Å². The Morgan fingerprint density at radius 1 is 1.53 bits per heavy atom. The number of halogens is 2. The Morgan fingerprint density at radius 2 is 2.29 bits per heavy atom. The summed E-state index contributed by atoms with van der Waals surface area (Å²) in [6.45, 7) is 0.792. The molecule has 1 aliphatic heterocycles. The van der Waals surface area contributed by atoms with Crippen molar-refractivity contribution in [3.63, 3.8) is 0 Å². The number of rotatable bonds is 3. The van der Waals surface area contributed by atoms with Crippen LogP contribution in [0.1, 0.15) is 18.4 Å². The first kappa shape index (κ1) is 14.5. The minimum Gasteiger partial charge on any atom is -0.480 e. The van der Waals surface area contributed by atoms with E-state index in [9.17, 15) is 9.90 Å². The van der Waals surface area contributed by atoms with Crippen LogP contribution in [0.5, 0.6) is 0 Å². The van der Waals surface area contributed by atoms with Gasteiger partial charge in [0, 0.05) is 10.9 Å². The zero-order valence-electron chi connectivity index (χ0n) is 9.28. The fourth-order valence-electron chi connectivity index (χ4n) is 2.21. The molecule has 1 fully saturated rings. The number of hydrogen-bond acceptors (Lipinski definition) is 2. The van der Waals surface area contributed by atoms with Gasteiger partial charge in [-0.15, -0.1) is 12.4 Å². The lowest BCUT2D eigenvalue weighted by Gasteiger charge is -2.24. The van der Waals surface area contributed by atoms with Crippen LogP contribution in [-0.2, 0) is 11.2 Å². The summed E-state index contributed by atoms with van der Waals surface area (Å²) in [5.74, 6) is -0.745. The highest BCUT2D eigenvalue weighted by molar-refractivity contribution is 9.10. The monoisotopic (exact) mass is 319 g/mol. The lowest BCUT2D eigenvalue weighted by Crippen LogP contribution is -2.49. The topological polar surface area (TPSA) is 49.3 Å². The zero-order chi connectivity index (χ0) is 11.6. The van der Waals surface area contributed by atoms with Crippen molar-refractivity contribution in [2.24, 2.45) is 0 Å². The first-order valence-electron chi connectivity index (χ1n) is 5.35. The van der Waals surface area contributed by atoms with Gasteiger partial charge in [-0.2, -0.15) is 0 Å². The smallest absolute Gasteiger partial charge is 0.324 e. The lowest BCUT2D eigenvalue weighted by molar-refractivity contribution is -0.144.